The first kappa shape index (κ1) is 18.9. The highest BCUT2D eigenvalue weighted by atomic mass is 79.9. The average Bonchev–Trinajstić information content (AvgIpc) is 3.09. The van der Waals surface area contributed by atoms with E-state index >= 15 is 0 Å². The van der Waals surface area contributed by atoms with Crippen molar-refractivity contribution in [1.82, 2.24) is 18.7 Å². The van der Waals surface area contributed by atoms with E-state index in [1.807, 2.05) is 35.8 Å². The molecule has 0 fully saturated rings. The van der Waals surface area contributed by atoms with Crippen molar-refractivity contribution >= 4 is 38.7 Å². The zero-order chi connectivity index (χ0) is 19.8. The van der Waals surface area contributed by atoms with Gasteiger partial charge < -0.3 is 14.2 Å². The fourth-order valence-electron chi connectivity index (χ4n) is 3.63. The Kier molecular flexibility index (Phi) is 5.11. The van der Waals surface area contributed by atoms with Crippen LogP contribution < -0.4 is 16.1 Å². The number of fused-ring (bicyclic) bond motifs is 3. The number of aryl methyl sites for hydroxylation is 2. The van der Waals surface area contributed by atoms with E-state index in [0.29, 0.717) is 36.9 Å². The van der Waals surface area contributed by atoms with Gasteiger partial charge in [0.05, 0.1) is 13.2 Å². The number of hydrogen-bond acceptors (Lipinski definition) is 5. The van der Waals surface area contributed by atoms with Crippen molar-refractivity contribution in [2.45, 2.75) is 26.4 Å². The molecular weight excluding hydrogens is 426 g/mol. The maximum atomic E-state index is 13.1. The van der Waals surface area contributed by atoms with Crippen molar-refractivity contribution in [3.05, 3.63) is 49.6 Å². The van der Waals surface area contributed by atoms with Crippen LogP contribution in [-0.2, 0) is 24.9 Å². The van der Waals surface area contributed by atoms with Gasteiger partial charge in [0.25, 0.3) is 5.56 Å². The number of ether oxygens (including phenoxy) is 1. The Morgan fingerprint density at radius 1 is 1.18 bits per heavy atom. The van der Waals surface area contributed by atoms with E-state index in [1.165, 1.54) is 9.13 Å². The van der Waals surface area contributed by atoms with Gasteiger partial charge in [0.1, 0.15) is 0 Å². The summed E-state index contributed by atoms with van der Waals surface area (Å²) in [5.41, 5.74) is 1.20. The molecule has 0 saturated heterocycles. The molecule has 0 radical (unpaired) electrons. The lowest BCUT2D eigenvalue weighted by molar-refractivity contribution is 0.137. The lowest BCUT2D eigenvalue weighted by Gasteiger charge is -2.29. The van der Waals surface area contributed by atoms with Crippen LogP contribution >= 0.6 is 15.9 Å². The first-order valence-electron chi connectivity index (χ1n) is 9.34. The molecule has 0 N–H and O–H groups in total. The van der Waals surface area contributed by atoms with Crippen LogP contribution in [0.4, 0.5) is 11.6 Å². The largest absolute Gasteiger partial charge is 0.380 e. The highest BCUT2D eigenvalue weighted by Crippen LogP contribution is 2.31. The Balaban J connectivity index is 1.88. The summed E-state index contributed by atoms with van der Waals surface area (Å²) in [7, 11) is 1.66. The van der Waals surface area contributed by atoms with E-state index in [2.05, 4.69) is 25.8 Å². The minimum atomic E-state index is -0.372. The maximum absolute atomic E-state index is 13.1. The van der Waals surface area contributed by atoms with Crippen LogP contribution in [-0.4, -0.2) is 38.4 Å². The molecule has 3 heterocycles. The summed E-state index contributed by atoms with van der Waals surface area (Å²) >= 11 is 3.46. The van der Waals surface area contributed by atoms with Crippen molar-refractivity contribution in [3.8, 4) is 0 Å². The number of imidazole rings is 1. The van der Waals surface area contributed by atoms with Gasteiger partial charge in [0.15, 0.2) is 11.2 Å². The summed E-state index contributed by atoms with van der Waals surface area (Å²) < 4.78 is 11.0. The zero-order valence-electron chi connectivity index (χ0n) is 15.9. The normalized spacial score (nSPS) is 13.9. The highest BCUT2D eigenvalue weighted by Gasteiger charge is 2.26. The SMILES string of the molecule is CCOCCn1c(=O)c2c(nc3n2CCCN3c2ccc(Br)cc2)n(C)c1=O. The predicted octanol–water partition coefficient (Wildman–Crippen LogP) is 2.24. The Hall–Kier alpha value is -2.39. The van der Waals surface area contributed by atoms with Gasteiger partial charge in [-0.15, -0.1) is 0 Å². The molecule has 0 unspecified atom stereocenters. The molecule has 1 aliphatic heterocycles. The third-order valence-electron chi connectivity index (χ3n) is 5.02. The van der Waals surface area contributed by atoms with Gasteiger partial charge in [-0.25, -0.2) is 4.79 Å². The molecule has 0 spiro atoms. The van der Waals surface area contributed by atoms with E-state index in [9.17, 15) is 9.59 Å². The van der Waals surface area contributed by atoms with Gasteiger partial charge in [-0.05, 0) is 37.6 Å². The van der Waals surface area contributed by atoms with Crippen LogP contribution in [0.2, 0.25) is 0 Å². The summed E-state index contributed by atoms with van der Waals surface area (Å²) in [6.45, 7) is 4.47. The smallest absolute Gasteiger partial charge is 0.332 e. The van der Waals surface area contributed by atoms with Gasteiger partial charge in [0, 0.05) is 36.9 Å². The number of nitrogens with zero attached hydrogens (tertiary/aromatic N) is 5. The molecule has 9 heteroatoms. The van der Waals surface area contributed by atoms with Gasteiger partial charge in [0.2, 0.25) is 5.95 Å². The third kappa shape index (κ3) is 3.08. The first-order chi connectivity index (χ1) is 13.5. The lowest BCUT2D eigenvalue weighted by atomic mass is 10.2. The van der Waals surface area contributed by atoms with Crippen molar-refractivity contribution < 1.29 is 4.74 Å². The molecule has 148 valence electrons. The van der Waals surface area contributed by atoms with E-state index in [4.69, 9.17) is 4.74 Å². The van der Waals surface area contributed by atoms with E-state index in [1.54, 1.807) is 7.05 Å². The average molecular weight is 448 g/mol. The quantitative estimate of drug-likeness (QED) is 0.560. The molecule has 8 nitrogen and oxygen atoms in total. The highest BCUT2D eigenvalue weighted by molar-refractivity contribution is 9.10. The summed E-state index contributed by atoms with van der Waals surface area (Å²) in [6.07, 6.45) is 0.885. The molecule has 0 saturated carbocycles. The molecule has 4 rings (SSSR count). The van der Waals surface area contributed by atoms with Crippen molar-refractivity contribution in [2.24, 2.45) is 7.05 Å². The second-order valence-electron chi connectivity index (χ2n) is 6.71. The van der Waals surface area contributed by atoms with Crippen LogP contribution in [0.3, 0.4) is 0 Å². The summed E-state index contributed by atoms with van der Waals surface area (Å²) in [5.74, 6) is 0.693. The Morgan fingerprint density at radius 3 is 2.64 bits per heavy atom. The standard InChI is InChI=1S/C19H22BrN5O3/c1-3-28-12-11-25-17(26)15-16(22(2)19(25)27)21-18-23(9-4-10-24(15)18)14-7-5-13(20)6-8-14/h5-8H,3-4,9-12H2,1-2H3. The minimum Gasteiger partial charge on any atom is -0.380 e. The number of rotatable bonds is 5. The van der Waals surface area contributed by atoms with Gasteiger partial charge in [-0.1, -0.05) is 15.9 Å². The Bertz CT molecular complexity index is 1130. The molecule has 0 aliphatic carbocycles. The fraction of sp³-hybridized carbons (Fsp3) is 0.421. The molecule has 3 aromatic rings. The van der Waals surface area contributed by atoms with E-state index in [0.717, 1.165) is 23.1 Å². The van der Waals surface area contributed by atoms with Crippen LogP contribution in [0, 0.1) is 0 Å². The molecule has 28 heavy (non-hydrogen) atoms. The number of benzene rings is 1. The number of halogens is 1. The van der Waals surface area contributed by atoms with Crippen LogP contribution in [0.15, 0.2) is 38.3 Å². The lowest BCUT2D eigenvalue weighted by Crippen LogP contribution is -2.40. The second kappa shape index (κ2) is 7.56. The van der Waals surface area contributed by atoms with E-state index in [-0.39, 0.29) is 17.8 Å². The van der Waals surface area contributed by atoms with Crippen molar-refractivity contribution in [2.75, 3.05) is 24.7 Å². The minimum absolute atomic E-state index is 0.228. The zero-order valence-corrected chi connectivity index (χ0v) is 17.5. The Morgan fingerprint density at radius 2 is 1.93 bits per heavy atom. The molecule has 2 aromatic heterocycles. The second-order valence-corrected chi connectivity index (χ2v) is 7.63. The summed E-state index contributed by atoms with van der Waals surface area (Å²) in [5, 5.41) is 0. The molecule has 0 amide bonds. The van der Waals surface area contributed by atoms with Crippen LogP contribution in [0.5, 0.6) is 0 Å². The van der Waals surface area contributed by atoms with Crippen LogP contribution in [0.1, 0.15) is 13.3 Å². The van der Waals surface area contributed by atoms with Crippen LogP contribution in [0.25, 0.3) is 11.2 Å². The molecule has 1 aliphatic rings. The monoisotopic (exact) mass is 447 g/mol. The molecular formula is C19H22BrN5O3. The third-order valence-corrected chi connectivity index (χ3v) is 5.55. The molecule has 0 atom stereocenters. The van der Waals surface area contributed by atoms with Gasteiger partial charge in [-0.3, -0.25) is 13.9 Å². The topological polar surface area (TPSA) is 74.3 Å². The first-order valence-corrected chi connectivity index (χ1v) is 10.1. The molecule has 0 bridgehead atoms. The maximum Gasteiger partial charge on any atom is 0.332 e. The molecule has 1 aromatic carbocycles. The number of anilines is 2. The summed E-state index contributed by atoms with van der Waals surface area (Å²) in [4.78, 5) is 32.6. The predicted molar refractivity (Wildman–Crippen MR) is 111 cm³/mol. The Labute approximate surface area is 170 Å². The fourth-order valence-corrected chi connectivity index (χ4v) is 3.89. The van der Waals surface area contributed by atoms with E-state index < -0.39 is 0 Å². The van der Waals surface area contributed by atoms with Crippen molar-refractivity contribution in [3.63, 3.8) is 0 Å². The van der Waals surface area contributed by atoms with Crippen molar-refractivity contribution in [1.29, 1.82) is 0 Å². The number of aromatic nitrogens is 4. The summed E-state index contributed by atoms with van der Waals surface area (Å²) in [6, 6.07) is 7.98. The van der Waals surface area contributed by atoms with Gasteiger partial charge in [-0.2, -0.15) is 4.98 Å². The number of hydrogen-bond donors (Lipinski definition) is 0. The van der Waals surface area contributed by atoms with Gasteiger partial charge >= 0.3 is 5.69 Å².